The lowest BCUT2D eigenvalue weighted by molar-refractivity contribution is 0.0190. The molecule has 0 atom stereocenters. The molecule has 0 aromatic heterocycles. The lowest BCUT2D eigenvalue weighted by atomic mass is 9.93. The number of nitrogens with one attached hydrogen (secondary N) is 2. The molecule has 2 N–H and O–H groups in total. The molecular formula is C18H36N2O3. The normalized spacial score (nSPS) is 22.7. The van der Waals surface area contributed by atoms with Crippen molar-refractivity contribution in [3.05, 3.63) is 0 Å². The molecule has 1 fully saturated rings. The van der Waals surface area contributed by atoms with Crippen LogP contribution in [0.3, 0.4) is 0 Å². The third-order valence-corrected chi connectivity index (χ3v) is 3.68. The summed E-state index contributed by atoms with van der Waals surface area (Å²) in [4.78, 5) is 11.8. The van der Waals surface area contributed by atoms with Crippen molar-refractivity contribution in [2.24, 2.45) is 5.41 Å². The molecule has 1 aliphatic carbocycles. The second kappa shape index (κ2) is 8.88. The Labute approximate surface area is 141 Å². The van der Waals surface area contributed by atoms with Gasteiger partial charge in [-0.15, -0.1) is 0 Å². The SMILES string of the molecule is CC(C)(C)CNCCOC1CCC(NC(=O)OC(C)(C)C)CC1. The Morgan fingerprint density at radius 1 is 1.04 bits per heavy atom. The zero-order valence-corrected chi connectivity index (χ0v) is 15.8. The van der Waals surface area contributed by atoms with E-state index in [-0.39, 0.29) is 12.1 Å². The summed E-state index contributed by atoms with van der Waals surface area (Å²) in [6, 6.07) is 0.212. The summed E-state index contributed by atoms with van der Waals surface area (Å²) in [6.45, 7) is 15.0. The van der Waals surface area contributed by atoms with Crippen LogP contribution in [-0.4, -0.2) is 43.5 Å². The van der Waals surface area contributed by atoms with Gasteiger partial charge in [-0.25, -0.2) is 4.79 Å². The summed E-state index contributed by atoms with van der Waals surface area (Å²) in [6.07, 6.45) is 3.93. The van der Waals surface area contributed by atoms with Crippen LogP contribution in [0.1, 0.15) is 67.2 Å². The largest absolute Gasteiger partial charge is 0.444 e. The van der Waals surface area contributed by atoms with E-state index in [1.165, 1.54) is 0 Å². The van der Waals surface area contributed by atoms with Gasteiger partial charge in [0.25, 0.3) is 0 Å². The summed E-state index contributed by atoms with van der Waals surface area (Å²) in [5.41, 5.74) is -0.129. The number of hydrogen-bond acceptors (Lipinski definition) is 4. The molecule has 1 saturated carbocycles. The Bertz CT molecular complexity index is 350. The van der Waals surface area contributed by atoms with Gasteiger partial charge in [0.2, 0.25) is 0 Å². The van der Waals surface area contributed by atoms with Gasteiger partial charge in [0.05, 0.1) is 12.7 Å². The van der Waals surface area contributed by atoms with Crippen molar-refractivity contribution >= 4 is 6.09 Å². The lowest BCUT2D eigenvalue weighted by Gasteiger charge is -2.30. The number of hydrogen-bond donors (Lipinski definition) is 2. The van der Waals surface area contributed by atoms with Crippen LogP contribution < -0.4 is 10.6 Å². The van der Waals surface area contributed by atoms with Crippen LogP contribution in [0.5, 0.6) is 0 Å². The van der Waals surface area contributed by atoms with E-state index >= 15 is 0 Å². The van der Waals surface area contributed by atoms with Crippen molar-refractivity contribution in [2.75, 3.05) is 19.7 Å². The van der Waals surface area contributed by atoms with Crippen LogP contribution >= 0.6 is 0 Å². The minimum absolute atomic E-state index is 0.212. The van der Waals surface area contributed by atoms with Gasteiger partial charge in [-0.05, 0) is 51.9 Å². The maximum Gasteiger partial charge on any atom is 0.407 e. The predicted molar refractivity (Wildman–Crippen MR) is 93.7 cm³/mol. The molecule has 136 valence electrons. The number of carbonyl (C=O) groups is 1. The summed E-state index contributed by atoms with van der Waals surface area (Å²) in [5.74, 6) is 0. The van der Waals surface area contributed by atoms with Gasteiger partial charge in [0.1, 0.15) is 5.60 Å². The number of ether oxygens (including phenoxy) is 2. The third kappa shape index (κ3) is 10.6. The highest BCUT2D eigenvalue weighted by Crippen LogP contribution is 2.21. The van der Waals surface area contributed by atoms with Gasteiger partial charge >= 0.3 is 6.09 Å². The minimum Gasteiger partial charge on any atom is -0.444 e. The maximum absolute atomic E-state index is 11.8. The van der Waals surface area contributed by atoms with Crippen molar-refractivity contribution in [2.45, 2.75) is 85.0 Å². The second-order valence-electron chi connectivity index (χ2n) is 8.73. The molecule has 1 rings (SSSR count). The summed E-state index contributed by atoms with van der Waals surface area (Å²) >= 11 is 0. The standard InChI is InChI=1S/C18H36N2O3/c1-17(2,3)13-19-11-12-22-15-9-7-14(8-10-15)20-16(21)23-18(4,5)6/h14-15,19H,7-13H2,1-6H3,(H,20,21). The molecule has 0 saturated heterocycles. The van der Waals surface area contributed by atoms with E-state index < -0.39 is 5.60 Å². The van der Waals surface area contributed by atoms with Gasteiger partial charge < -0.3 is 20.1 Å². The first kappa shape index (κ1) is 20.2. The molecule has 0 radical (unpaired) electrons. The molecule has 1 amide bonds. The average molecular weight is 328 g/mol. The molecule has 23 heavy (non-hydrogen) atoms. The molecule has 0 unspecified atom stereocenters. The van der Waals surface area contributed by atoms with Crippen LogP contribution in [0.15, 0.2) is 0 Å². The van der Waals surface area contributed by atoms with Crippen molar-refractivity contribution < 1.29 is 14.3 Å². The third-order valence-electron chi connectivity index (χ3n) is 3.68. The molecule has 0 aliphatic heterocycles. The van der Waals surface area contributed by atoms with E-state index in [4.69, 9.17) is 9.47 Å². The average Bonchev–Trinajstić information content (AvgIpc) is 2.36. The first-order valence-corrected chi connectivity index (χ1v) is 8.87. The first-order chi connectivity index (χ1) is 10.6. The van der Waals surface area contributed by atoms with Crippen LogP contribution in [-0.2, 0) is 9.47 Å². The number of carbonyl (C=O) groups excluding carboxylic acids is 1. The fourth-order valence-corrected chi connectivity index (χ4v) is 2.61. The van der Waals surface area contributed by atoms with E-state index in [9.17, 15) is 4.79 Å². The van der Waals surface area contributed by atoms with Crippen molar-refractivity contribution in [1.82, 2.24) is 10.6 Å². The number of amides is 1. The van der Waals surface area contributed by atoms with Crippen LogP contribution in [0.4, 0.5) is 4.79 Å². The summed E-state index contributed by atoms with van der Waals surface area (Å²) < 4.78 is 11.2. The molecular weight excluding hydrogens is 292 g/mol. The maximum atomic E-state index is 11.8. The number of alkyl carbamates (subject to hydrolysis) is 1. The fourth-order valence-electron chi connectivity index (χ4n) is 2.61. The molecule has 0 heterocycles. The quantitative estimate of drug-likeness (QED) is 0.733. The van der Waals surface area contributed by atoms with E-state index in [1.807, 2.05) is 20.8 Å². The fraction of sp³-hybridized carbons (Fsp3) is 0.944. The lowest BCUT2D eigenvalue weighted by Crippen LogP contribution is -2.42. The van der Waals surface area contributed by atoms with Crippen molar-refractivity contribution in [3.8, 4) is 0 Å². The van der Waals surface area contributed by atoms with Gasteiger partial charge in [-0.1, -0.05) is 20.8 Å². The summed E-state index contributed by atoms with van der Waals surface area (Å²) in [5, 5.41) is 6.38. The van der Waals surface area contributed by atoms with Crippen LogP contribution in [0, 0.1) is 5.41 Å². The van der Waals surface area contributed by atoms with Gasteiger partial charge in [0.15, 0.2) is 0 Å². The Morgan fingerprint density at radius 3 is 2.17 bits per heavy atom. The van der Waals surface area contributed by atoms with Gasteiger partial charge in [-0.3, -0.25) is 0 Å². The van der Waals surface area contributed by atoms with Gasteiger partial charge in [-0.2, -0.15) is 0 Å². The summed E-state index contributed by atoms with van der Waals surface area (Å²) in [7, 11) is 0. The van der Waals surface area contributed by atoms with E-state index in [0.29, 0.717) is 11.5 Å². The van der Waals surface area contributed by atoms with Crippen LogP contribution in [0.2, 0.25) is 0 Å². The molecule has 5 heteroatoms. The van der Waals surface area contributed by atoms with Crippen LogP contribution in [0.25, 0.3) is 0 Å². The highest BCUT2D eigenvalue weighted by Gasteiger charge is 2.25. The van der Waals surface area contributed by atoms with E-state index in [1.54, 1.807) is 0 Å². The smallest absolute Gasteiger partial charge is 0.407 e. The zero-order valence-electron chi connectivity index (χ0n) is 15.8. The van der Waals surface area contributed by atoms with E-state index in [2.05, 4.69) is 31.4 Å². The first-order valence-electron chi connectivity index (χ1n) is 8.87. The Kier molecular flexibility index (Phi) is 7.81. The predicted octanol–water partition coefficient (Wildman–Crippen LogP) is 3.47. The molecule has 0 aromatic rings. The second-order valence-corrected chi connectivity index (χ2v) is 8.73. The van der Waals surface area contributed by atoms with Gasteiger partial charge in [0, 0.05) is 19.1 Å². The Morgan fingerprint density at radius 2 is 1.65 bits per heavy atom. The molecule has 5 nitrogen and oxygen atoms in total. The minimum atomic E-state index is -0.440. The zero-order chi connectivity index (χ0) is 17.5. The molecule has 0 aromatic carbocycles. The van der Waals surface area contributed by atoms with E-state index in [0.717, 1.165) is 45.4 Å². The molecule has 0 spiro atoms. The topological polar surface area (TPSA) is 59.6 Å². The monoisotopic (exact) mass is 328 g/mol. The molecule has 1 aliphatic rings. The van der Waals surface area contributed by atoms with Crippen molar-refractivity contribution in [1.29, 1.82) is 0 Å². The Hall–Kier alpha value is -0.810. The van der Waals surface area contributed by atoms with Crippen molar-refractivity contribution in [3.63, 3.8) is 0 Å². The highest BCUT2D eigenvalue weighted by molar-refractivity contribution is 5.68. The highest BCUT2D eigenvalue weighted by atomic mass is 16.6. The number of rotatable bonds is 6. The molecule has 0 bridgehead atoms. The Balaban J connectivity index is 2.10.